The average Bonchev–Trinajstić information content (AvgIpc) is 2.96. The highest BCUT2D eigenvalue weighted by Gasteiger charge is 2.31. The number of aromatic amines is 1. The minimum atomic E-state index is 0.613. The van der Waals surface area contributed by atoms with E-state index < -0.39 is 0 Å². The molecule has 2 aliphatic rings. The second kappa shape index (κ2) is 6.07. The second-order valence-corrected chi connectivity index (χ2v) is 6.02. The van der Waals surface area contributed by atoms with Crippen molar-refractivity contribution in [1.29, 1.82) is 0 Å². The van der Waals surface area contributed by atoms with Gasteiger partial charge in [0.1, 0.15) is 0 Å². The molecule has 0 saturated carbocycles. The van der Waals surface area contributed by atoms with Gasteiger partial charge in [0.2, 0.25) is 0 Å². The van der Waals surface area contributed by atoms with Gasteiger partial charge in [-0.2, -0.15) is 0 Å². The van der Waals surface area contributed by atoms with Gasteiger partial charge >= 0.3 is 0 Å². The molecular weight excluding hydrogens is 236 g/mol. The summed E-state index contributed by atoms with van der Waals surface area (Å²) in [5.41, 5.74) is 1.48. The molecule has 1 aromatic rings. The summed E-state index contributed by atoms with van der Waals surface area (Å²) in [5, 5.41) is 3.49. The normalized spacial score (nSPS) is 25.5. The van der Waals surface area contributed by atoms with Crippen LogP contribution in [0.4, 0.5) is 0 Å². The van der Waals surface area contributed by atoms with Crippen molar-refractivity contribution in [3.8, 4) is 0 Å². The van der Waals surface area contributed by atoms with Gasteiger partial charge in [-0.15, -0.1) is 0 Å². The lowest BCUT2D eigenvalue weighted by atomic mass is 9.85. The summed E-state index contributed by atoms with van der Waals surface area (Å²) < 4.78 is 0. The monoisotopic (exact) mass is 262 g/mol. The minimum Gasteiger partial charge on any atom is -0.367 e. The first-order chi connectivity index (χ1) is 9.34. The van der Waals surface area contributed by atoms with E-state index in [1.165, 1.54) is 57.7 Å². The van der Waals surface area contributed by atoms with Gasteiger partial charge in [0.15, 0.2) is 0 Å². The maximum Gasteiger partial charge on any atom is 0.0393 e. The molecule has 1 aromatic heterocycles. The average molecular weight is 262 g/mol. The topological polar surface area (TPSA) is 34.3 Å². The van der Waals surface area contributed by atoms with Crippen molar-refractivity contribution in [2.45, 2.75) is 18.9 Å². The van der Waals surface area contributed by atoms with Crippen LogP contribution < -0.4 is 5.32 Å². The number of piperazine rings is 1. The van der Waals surface area contributed by atoms with Gasteiger partial charge in [0, 0.05) is 44.6 Å². The van der Waals surface area contributed by atoms with Crippen molar-refractivity contribution in [2.24, 2.45) is 5.92 Å². The van der Waals surface area contributed by atoms with Crippen LogP contribution in [0.3, 0.4) is 0 Å². The van der Waals surface area contributed by atoms with Crippen LogP contribution in [-0.4, -0.2) is 61.1 Å². The van der Waals surface area contributed by atoms with E-state index in [2.05, 4.69) is 45.6 Å². The second-order valence-electron chi connectivity index (χ2n) is 6.02. The molecule has 0 amide bonds. The molecule has 0 bridgehead atoms. The van der Waals surface area contributed by atoms with Gasteiger partial charge in [0.25, 0.3) is 0 Å². The van der Waals surface area contributed by atoms with E-state index in [1.54, 1.807) is 0 Å². The molecule has 4 heteroatoms. The zero-order valence-corrected chi connectivity index (χ0v) is 11.9. The molecule has 19 heavy (non-hydrogen) atoms. The van der Waals surface area contributed by atoms with Crippen molar-refractivity contribution in [2.75, 3.05) is 46.3 Å². The Morgan fingerprint density at radius 3 is 2.53 bits per heavy atom. The summed E-state index contributed by atoms with van der Waals surface area (Å²) in [4.78, 5) is 8.39. The molecule has 4 nitrogen and oxygen atoms in total. The van der Waals surface area contributed by atoms with Crippen LogP contribution in [0.15, 0.2) is 18.5 Å². The number of nitrogens with one attached hydrogen (secondary N) is 2. The van der Waals surface area contributed by atoms with E-state index >= 15 is 0 Å². The molecule has 0 spiro atoms. The number of H-pyrrole nitrogens is 1. The van der Waals surface area contributed by atoms with Gasteiger partial charge in [-0.3, -0.25) is 4.90 Å². The summed E-state index contributed by atoms with van der Waals surface area (Å²) >= 11 is 0. The first kappa shape index (κ1) is 13.2. The number of hydrogen-bond acceptors (Lipinski definition) is 3. The first-order valence-corrected chi connectivity index (χ1v) is 7.60. The summed E-state index contributed by atoms with van der Waals surface area (Å²) in [6.45, 7) is 7.17. The fourth-order valence-electron chi connectivity index (χ4n) is 3.56. The smallest absolute Gasteiger partial charge is 0.0393 e. The number of hydrogen-bond donors (Lipinski definition) is 2. The number of rotatable bonds is 3. The molecule has 3 heterocycles. The Hall–Kier alpha value is -0.840. The van der Waals surface area contributed by atoms with Crippen LogP contribution in [0.1, 0.15) is 24.4 Å². The summed E-state index contributed by atoms with van der Waals surface area (Å²) in [6.07, 6.45) is 6.88. The van der Waals surface area contributed by atoms with Crippen LogP contribution in [0, 0.1) is 5.92 Å². The fourth-order valence-corrected chi connectivity index (χ4v) is 3.56. The van der Waals surface area contributed by atoms with E-state index in [0.717, 1.165) is 5.92 Å². The van der Waals surface area contributed by atoms with Gasteiger partial charge in [-0.05, 0) is 50.5 Å². The zero-order chi connectivity index (χ0) is 13.1. The van der Waals surface area contributed by atoms with E-state index in [9.17, 15) is 0 Å². The third-order valence-corrected chi connectivity index (χ3v) is 4.73. The molecule has 2 saturated heterocycles. The van der Waals surface area contributed by atoms with Gasteiger partial charge < -0.3 is 15.2 Å². The SMILES string of the molecule is CN1CCN(C(c2cc[nH]c2)C2CCNCC2)CC1. The Morgan fingerprint density at radius 2 is 1.89 bits per heavy atom. The van der Waals surface area contributed by atoms with Crippen LogP contribution in [0.25, 0.3) is 0 Å². The Labute approximate surface area is 116 Å². The summed E-state index contributed by atoms with van der Waals surface area (Å²) in [7, 11) is 2.23. The van der Waals surface area contributed by atoms with Crippen molar-refractivity contribution < 1.29 is 0 Å². The third kappa shape index (κ3) is 3.02. The zero-order valence-electron chi connectivity index (χ0n) is 11.9. The predicted molar refractivity (Wildman–Crippen MR) is 78.2 cm³/mol. The van der Waals surface area contributed by atoms with Crippen molar-refractivity contribution >= 4 is 0 Å². The summed E-state index contributed by atoms with van der Waals surface area (Å²) in [5.74, 6) is 0.806. The van der Waals surface area contributed by atoms with Crippen molar-refractivity contribution in [1.82, 2.24) is 20.1 Å². The first-order valence-electron chi connectivity index (χ1n) is 7.60. The van der Waals surface area contributed by atoms with E-state index in [-0.39, 0.29) is 0 Å². The lowest BCUT2D eigenvalue weighted by Crippen LogP contribution is -2.48. The Bertz CT molecular complexity index is 362. The lowest BCUT2D eigenvalue weighted by molar-refractivity contribution is 0.0694. The Morgan fingerprint density at radius 1 is 1.16 bits per heavy atom. The molecule has 1 atom stereocenters. The highest BCUT2D eigenvalue weighted by atomic mass is 15.3. The van der Waals surface area contributed by atoms with Gasteiger partial charge in [-0.25, -0.2) is 0 Å². The molecule has 106 valence electrons. The van der Waals surface area contributed by atoms with Crippen molar-refractivity contribution in [3.63, 3.8) is 0 Å². The fraction of sp³-hybridized carbons (Fsp3) is 0.733. The number of likely N-dealkylation sites (N-methyl/N-ethyl adjacent to an activating group) is 1. The molecular formula is C15H26N4. The maximum absolute atomic E-state index is 3.49. The molecule has 2 aliphatic heterocycles. The molecule has 2 fully saturated rings. The molecule has 0 aliphatic carbocycles. The number of piperidine rings is 1. The van der Waals surface area contributed by atoms with Crippen LogP contribution in [-0.2, 0) is 0 Å². The Balaban J connectivity index is 1.76. The number of aromatic nitrogens is 1. The maximum atomic E-state index is 3.49. The quantitative estimate of drug-likeness (QED) is 0.862. The molecule has 3 rings (SSSR count). The number of nitrogens with zero attached hydrogens (tertiary/aromatic N) is 2. The van der Waals surface area contributed by atoms with E-state index in [1.807, 2.05) is 0 Å². The Kier molecular flexibility index (Phi) is 4.21. The molecule has 0 radical (unpaired) electrons. The highest BCUT2D eigenvalue weighted by Crippen LogP contribution is 2.34. The van der Waals surface area contributed by atoms with Crippen LogP contribution in [0.5, 0.6) is 0 Å². The minimum absolute atomic E-state index is 0.613. The highest BCUT2D eigenvalue weighted by molar-refractivity contribution is 5.16. The van der Waals surface area contributed by atoms with Crippen molar-refractivity contribution in [3.05, 3.63) is 24.0 Å². The summed E-state index contributed by atoms with van der Waals surface area (Å²) in [6, 6.07) is 2.88. The van der Waals surface area contributed by atoms with Crippen LogP contribution >= 0.6 is 0 Å². The lowest BCUT2D eigenvalue weighted by Gasteiger charge is -2.42. The largest absolute Gasteiger partial charge is 0.367 e. The van der Waals surface area contributed by atoms with E-state index in [0.29, 0.717) is 6.04 Å². The van der Waals surface area contributed by atoms with Gasteiger partial charge in [0.05, 0.1) is 0 Å². The van der Waals surface area contributed by atoms with E-state index in [4.69, 9.17) is 0 Å². The van der Waals surface area contributed by atoms with Gasteiger partial charge in [-0.1, -0.05) is 0 Å². The predicted octanol–water partition coefficient (Wildman–Crippen LogP) is 1.30. The molecule has 2 N–H and O–H groups in total. The molecule has 0 aromatic carbocycles. The van der Waals surface area contributed by atoms with Crippen LogP contribution in [0.2, 0.25) is 0 Å². The third-order valence-electron chi connectivity index (χ3n) is 4.73. The molecule has 1 unspecified atom stereocenters. The standard InChI is InChI=1S/C15H26N4/c1-18-8-10-19(11-9-18)15(14-4-7-17-12-14)13-2-5-16-6-3-13/h4,7,12-13,15-17H,2-3,5-6,8-11H2,1H3.